The Morgan fingerprint density at radius 2 is 2.05 bits per heavy atom. The van der Waals surface area contributed by atoms with Crippen LogP contribution in [0.15, 0.2) is 24.3 Å². The predicted octanol–water partition coefficient (Wildman–Crippen LogP) is 3.79. The molecule has 0 aromatic heterocycles. The number of nitrogens with one attached hydrogen (secondary N) is 1. The van der Waals surface area contributed by atoms with E-state index in [-0.39, 0.29) is 0 Å². The van der Waals surface area contributed by atoms with Gasteiger partial charge in [-0.1, -0.05) is 45.9 Å². The Bertz CT molecular complexity index is 383. The average molecular weight is 261 g/mol. The molecule has 2 nitrogen and oxygen atoms in total. The molecule has 19 heavy (non-hydrogen) atoms. The van der Waals surface area contributed by atoms with Gasteiger partial charge in [0.05, 0.1) is 0 Å². The number of para-hydroxylation sites is 1. The molecule has 0 saturated heterocycles. The molecule has 0 bridgehead atoms. The van der Waals surface area contributed by atoms with Crippen molar-refractivity contribution in [1.82, 2.24) is 5.32 Å². The summed E-state index contributed by atoms with van der Waals surface area (Å²) in [5.74, 6) is 1.09. The molecule has 1 aromatic carbocycles. The molecule has 1 heterocycles. The van der Waals surface area contributed by atoms with Gasteiger partial charge in [0.1, 0.15) is 11.9 Å². The molecule has 2 heteroatoms. The van der Waals surface area contributed by atoms with Crippen molar-refractivity contribution in [1.29, 1.82) is 0 Å². The topological polar surface area (TPSA) is 21.3 Å². The van der Waals surface area contributed by atoms with Gasteiger partial charge in [0.15, 0.2) is 0 Å². The van der Waals surface area contributed by atoms with Crippen molar-refractivity contribution in [2.45, 2.75) is 59.1 Å². The largest absolute Gasteiger partial charge is 0.490 e. The summed E-state index contributed by atoms with van der Waals surface area (Å²) in [6.07, 6.45) is 3.74. The van der Waals surface area contributed by atoms with Crippen LogP contribution in [0, 0.1) is 5.41 Å². The highest BCUT2D eigenvalue weighted by molar-refractivity contribution is 5.37. The molecule has 0 saturated carbocycles. The molecule has 0 radical (unpaired) electrons. The highest BCUT2D eigenvalue weighted by Gasteiger charge is 2.27. The third kappa shape index (κ3) is 3.73. The van der Waals surface area contributed by atoms with Crippen LogP contribution in [0.4, 0.5) is 0 Å². The van der Waals surface area contributed by atoms with Crippen molar-refractivity contribution in [3.8, 4) is 5.75 Å². The van der Waals surface area contributed by atoms with Gasteiger partial charge in [0.2, 0.25) is 0 Å². The van der Waals surface area contributed by atoms with Crippen LogP contribution in [-0.2, 0) is 6.42 Å². The number of rotatable bonds is 5. The first-order valence-corrected chi connectivity index (χ1v) is 7.48. The lowest BCUT2D eigenvalue weighted by Crippen LogP contribution is -2.40. The van der Waals surface area contributed by atoms with Crippen LogP contribution in [-0.4, -0.2) is 18.7 Å². The van der Waals surface area contributed by atoms with Gasteiger partial charge >= 0.3 is 0 Å². The van der Waals surface area contributed by atoms with E-state index in [4.69, 9.17) is 4.74 Å². The minimum absolute atomic E-state index is 0.307. The first kappa shape index (κ1) is 14.4. The zero-order valence-electron chi connectivity index (χ0n) is 12.7. The first-order chi connectivity index (χ1) is 9.00. The highest BCUT2D eigenvalue weighted by Crippen LogP contribution is 2.31. The molecule has 0 aliphatic carbocycles. The van der Waals surface area contributed by atoms with E-state index < -0.39 is 0 Å². The lowest BCUT2D eigenvalue weighted by molar-refractivity contribution is 0.185. The summed E-state index contributed by atoms with van der Waals surface area (Å²) in [6, 6.07) is 8.98. The number of ether oxygens (including phenoxy) is 1. The fourth-order valence-corrected chi connectivity index (χ4v) is 2.86. The maximum atomic E-state index is 6.02. The molecule has 1 aliphatic heterocycles. The lowest BCUT2D eigenvalue weighted by atomic mass is 9.83. The summed E-state index contributed by atoms with van der Waals surface area (Å²) in [6.45, 7) is 10.1. The van der Waals surface area contributed by atoms with E-state index in [1.807, 2.05) is 0 Å². The van der Waals surface area contributed by atoms with Crippen molar-refractivity contribution in [3.05, 3.63) is 29.8 Å². The van der Waals surface area contributed by atoms with Gasteiger partial charge < -0.3 is 10.1 Å². The molecule has 0 amide bonds. The van der Waals surface area contributed by atoms with Crippen molar-refractivity contribution < 1.29 is 4.74 Å². The summed E-state index contributed by atoms with van der Waals surface area (Å²) < 4.78 is 6.02. The molecule has 2 atom stereocenters. The van der Waals surface area contributed by atoms with Gasteiger partial charge in [-0.05, 0) is 36.4 Å². The maximum Gasteiger partial charge on any atom is 0.123 e. The van der Waals surface area contributed by atoms with Crippen LogP contribution in [0.5, 0.6) is 5.75 Å². The Kier molecular flexibility index (Phi) is 4.51. The van der Waals surface area contributed by atoms with Crippen LogP contribution in [0.25, 0.3) is 0 Å². The molecule has 0 spiro atoms. The van der Waals surface area contributed by atoms with Gasteiger partial charge in [-0.3, -0.25) is 0 Å². The van der Waals surface area contributed by atoms with E-state index in [1.165, 1.54) is 12.0 Å². The number of hydrogen-bond donors (Lipinski definition) is 1. The second-order valence-corrected chi connectivity index (χ2v) is 6.61. The monoisotopic (exact) mass is 261 g/mol. The average Bonchev–Trinajstić information content (AvgIpc) is 2.75. The lowest BCUT2D eigenvalue weighted by Gasteiger charge is -2.32. The number of benzene rings is 1. The van der Waals surface area contributed by atoms with Crippen LogP contribution >= 0.6 is 0 Å². The molecule has 106 valence electrons. The summed E-state index contributed by atoms with van der Waals surface area (Å²) in [4.78, 5) is 0. The molecule has 1 N–H and O–H groups in total. The second-order valence-electron chi connectivity index (χ2n) is 6.61. The fourth-order valence-electron chi connectivity index (χ4n) is 2.86. The zero-order chi connectivity index (χ0) is 13.9. The molecular formula is C17H27NO. The quantitative estimate of drug-likeness (QED) is 0.870. The van der Waals surface area contributed by atoms with Crippen molar-refractivity contribution >= 4 is 0 Å². The van der Waals surface area contributed by atoms with E-state index in [0.29, 0.717) is 17.6 Å². The maximum absolute atomic E-state index is 6.02. The SMILES string of the molecule is CCNC(CCC1Cc2ccccc2O1)C(C)(C)C. The Morgan fingerprint density at radius 1 is 1.32 bits per heavy atom. The van der Waals surface area contributed by atoms with E-state index in [1.54, 1.807) is 0 Å². The Morgan fingerprint density at radius 3 is 2.68 bits per heavy atom. The standard InChI is InChI=1S/C17H27NO/c1-5-18-16(17(2,3)4)11-10-14-12-13-8-6-7-9-15(13)19-14/h6-9,14,16,18H,5,10-12H2,1-4H3. The van der Waals surface area contributed by atoms with Gasteiger partial charge in [0, 0.05) is 12.5 Å². The molecular weight excluding hydrogens is 234 g/mol. The van der Waals surface area contributed by atoms with Gasteiger partial charge in [-0.15, -0.1) is 0 Å². The Hall–Kier alpha value is -1.02. The minimum Gasteiger partial charge on any atom is -0.490 e. The highest BCUT2D eigenvalue weighted by atomic mass is 16.5. The van der Waals surface area contributed by atoms with E-state index in [9.17, 15) is 0 Å². The summed E-state index contributed by atoms with van der Waals surface area (Å²) in [5, 5.41) is 3.61. The summed E-state index contributed by atoms with van der Waals surface area (Å²) in [7, 11) is 0. The van der Waals surface area contributed by atoms with Crippen LogP contribution < -0.4 is 10.1 Å². The smallest absolute Gasteiger partial charge is 0.123 e. The predicted molar refractivity (Wildman–Crippen MR) is 80.7 cm³/mol. The van der Waals surface area contributed by atoms with Crippen LogP contribution in [0.1, 0.15) is 46.1 Å². The molecule has 0 fully saturated rings. The second kappa shape index (κ2) is 5.96. The van der Waals surface area contributed by atoms with Gasteiger partial charge in [0.25, 0.3) is 0 Å². The first-order valence-electron chi connectivity index (χ1n) is 7.48. The molecule has 2 unspecified atom stereocenters. The molecule has 1 aromatic rings. The number of fused-ring (bicyclic) bond motifs is 1. The third-order valence-electron chi connectivity index (χ3n) is 3.99. The normalized spacial score (nSPS) is 19.9. The van der Waals surface area contributed by atoms with E-state index in [2.05, 4.69) is 57.3 Å². The molecule has 1 aliphatic rings. The van der Waals surface area contributed by atoms with Crippen molar-refractivity contribution in [3.63, 3.8) is 0 Å². The molecule has 2 rings (SSSR count). The van der Waals surface area contributed by atoms with Crippen LogP contribution in [0.3, 0.4) is 0 Å². The third-order valence-corrected chi connectivity index (χ3v) is 3.99. The fraction of sp³-hybridized carbons (Fsp3) is 0.647. The zero-order valence-corrected chi connectivity index (χ0v) is 12.7. The van der Waals surface area contributed by atoms with Gasteiger partial charge in [-0.2, -0.15) is 0 Å². The Labute approximate surface area is 117 Å². The summed E-state index contributed by atoms with van der Waals surface area (Å²) in [5.41, 5.74) is 1.67. The van der Waals surface area contributed by atoms with Crippen molar-refractivity contribution in [2.24, 2.45) is 5.41 Å². The minimum atomic E-state index is 0.307. The number of hydrogen-bond acceptors (Lipinski definition) is 2. The summed E-state index contributed by atoms with van der Waals surface area (Å²) >= 11 is 0. The van der Waals surface area contributed by atoms with Crippen molar-refractivity contribution in [2.75, 3.05) is 6.54 Å². The van der Waals surface area contributed by atoms with Gasteiger partial charge in [-0.25, -0.2) is 0 Å². The Balaban J connectivity index is 1.87. The van der Waals surface area contributed by atoms with E-state index in [0.717, 1.165) is 25.1 Å². The van der Waals surface area contributed by atoms with Crippen LogP contribution in [0.2, 0.25) is 0 Å². The van der Waals surface area contributed by atoms with E-state index >= 15 is 0 Å².